The molecule has 4 N–H and O–H groups in total. The summed E-state index contributed by atoms with van der Waals surface area (Å²) in [5.74, 6) is 0. The summed E-state index contributed by atoms with van der Waals surface area (Å²) in [6.45, 7) is 7.60. The summed E-state index contributed by atoms with van der Waals surface area (Å²) >= 11 is 0. The molecule has 1 fully saturated rings. The zero-order chi connectivity index (χ0) is 9.61. The summed E-state index contributed by atoms with van der Waals surface area (Å²) in [5.41, 5.74) is 2.72. The minimum absolute atomic E-state index is 0. The quantitative estimate of drug-likeness (QED) is 0.575. The highest BCUT2D eigenvalue weighted by Crippen LogP contribution is 1.94. The molecule has 0 atom stereocenters. The molecule has 1 rings (SSSR count). The van der Waals surface area contributed by atoms with Crippen LogP contribution in [-0.4, -0.2) is 41.3 Å². The minimum Gasteiger partial charge on any atom is -0.412 e. The molecule has 0 bridgehead atoms. The van der Waals surface area contributed by atoms with Gasteiger partial charge in [-0.3, -0.25) is 5.43 Å². The standard InChI is InChI=1S/C5H12N2.C4H10O.H2O/c1-7-5-3-2-4-6-7;1-4(2,3)5;/h6H,2-5H2,1H3;5H,1-3H3;1H2. The van der Waals surface area contributed by atoms with Crippen molar-refractivity contribution in [2.24, 2.45) is 0 Å². The lowest BCUT2D eigenvalue weighted by atomic mass is 10.2. The lowest BCUT2D eigenvalue weighted by Crippen LogP contribution is -2.39. The molecular weight excluding hydrogens is 168 g/mol. The zero-order valence-corrected chi connectivity index (χ0v) is 9.22. The molecular formula is C9H24N2O2. The van der Waals surface area contributed by atoms with Gasteiger partial charge in [0, 0.05) is 20.1 Å². The monoisotopic (exact) mass is 192 g/mol. The molecule has 4 nitrogen and oxygen atoms in total. The van der Waals surface area contributed by atoms with Gasteiger partial charge in [0.25, 0.3) is 0 Å². The van der Waals surface area contributed by atoms with Crippen LogP contribution >= 0.6 is 0 Å². The molecule has 13 heavy (non-hydrogen) atoms. The van der Waals surface area contributed by atoms with Crippen LogP contribution in [-0.2, 0) is 0 Å². The second-order valence-electron chi connectivity index (χ2n) is 4.21. The molecule has 82 valence electrons. The van der Waals surface area contributed by atoms with Crippen LogP contribution in [0.3, 0.4) is 0 Å². The first-order valence-electron chi connectivity index (χ1n) is 4.56. The van der Waals surface area contributed by atoms with E-state index in [9.17, 15) is 0 Å². The third kappa shape index (κ3) is 18.7. The number of hydrogen-bond acceptors (Lipinski definition) is 3. The Morgan fingerprint density at radius 2 is 1.69 bits per heavy atom. The van der Waals surface area contributed by atoms with Gasteiger partial charge in [-0.15, -0.1) is 0 Å². The molecule has 0 radical (unpaired) electrons. The summed E-state index contributed by atoms with van der Waals surface area (Å²) < 4.78 is 0. The second kappa shape index (κ2) is 7.26. The van der Waals surface area contributed by atoms with Crippen molar-refractivity contribution >= 4 is 0 Å². The predicted molar refractivity (Wildman–Crippen MR) is 55.5 cm³/mol. The summed E-state index contributed by atoms with van der Waals surface area (Å²) in [6, 6.07) is 0. The van der Waals surface area contributed by atoms with Crippen LogP contribution in [0.15, 0.2) is 0 Å². The van der Waals surface area contributed by atoms with Crippen LogP contribution < -0.4 is 5.43 Å². The van der Waals surface area contributed by atoms with Crippen molar-refractivity contribution in [1.29, 1.82) is 0 Å². The molecule has 0 amide bonds. The fraction of sp³-hybridized carbons (Fsp3) is 1.00. The van der Waals surface area contributed by atoms with Crippen molar-refractivity contribution < 1.29 is 10.6 Å². The van der Waals surface area contributed by atoms with Gasteiger partial charge in [-0.05, 0) is 33.6 Å². The topological polar surface area (TPSA) is 67.0 Å². The molecule has 0 aromatic heterocycles. The summed E-state index contributed by atoms with van der Waals surface area (Å²) in [6.07, 6.45) is 2.69. The van der Waals surface area contributed by atoms with E-state index in [1.165, 1.54) is 19.4 Å². The van der Waals surface area contributed by atoms with E-state index in [0.29, 0.717) is 0 Å². The molecule has 1 aliphatic rings. The maximum Gasteiger partial charge on any atom is 0.0563 e. The van der Waals surface area contributed by atoms with E-state index in [1.807, 2.05) is 0 Å². The number of nitrogens with one attached hydrogen (secondary N) is 1. The number of nitrogens with zero attached hydrogens (tertiary/aromatic N) is 1. The van der Waals surface area contributed by atoms with Crippen LogP contribution in [0, 0.1) is 0 Å². The molecule has 0 saturated carbocycles. The van der Waals surface area contributed by atoms with Gasteiger partial charge in [-0.1, -0.05) is 0 Å². The summed E-state index contributed by atoms with van der Waals surface area (Å²) in [7, 11) is 2.08. The number of rotatable bonds is 0. The molecule has 0 spiro atoms. The van der Waals surface area contributed by atoms with Crippen molar-refractivity contribution in [2.75, 3.05) is 20.1 Å². The zero-order valence-electron chi connectivity index (χ0n) is 9.22. The van der Waals surface area contributed by atoms with Gasteiger partial charge in [0.1, 0.15) is 0 Å². The van der Waals surface area contributed by atoms with Crippen LogP contribution in [0.25, 0.3) is 0 Å². The number of hydrogen-bond donors (Lipinski definition) is 2. The first kappa shape index (κ1) is 15.3. The molecule has 4 heteroatoms. The number of aliphatic hydroxyl groups is 1. The molecule has 0 unspecified atom stereocenters. The Bertz CT molecular complexity index is 101. The van der Waals surface area contributed by atoms with Crippen molar-refractivity contribution in [3.8, 4) is 0 Å². The first-order valence-corrected chi connectivity index (χ1v) is 4.56. The average molecular weight is 192 g/mol. The molecule has 0 aromatic rings. The van der Waals surface area contributed by atoms with Gasteiger partial charge in [0.2, 0.25) is 0 Å². The highest BCUT2D eigenvalue weighted by atomic mass is 16.3. The van der Waals surface area contributed by atoms with Crippen LogP contribution in [0.5, 0.6) is 0 Å². The minimum atomic E-state index is -0.500. The predicted octanol–water partition coefficient (Wildman–Crippen LogP) is 0.169. The van der Waals surface area contributed by atoms with E-state index in [2.05, 4.69) is 17.5 Å². The first-order chi connectivity index (χ1) is 5.39. The van der Waals surface area contributed by atoms with Crippen LogP contribution in [0.2, 0.25) is 0 Å². The fourth-order valence-corrected chi connectivity index (χ4v) is 0.823. The van der Waals surface area contributed by atoms with Gasteiger partial charge < -0.3 is 10.6 Å². The fourth-order valence-electron chi connectivity index (χ4n) is 0.823. The second-order valence-corrected chi connectivity index (χ2v) is 4.21. The van der Waals surface area contributed by atoms with E-state index < -0.39 is 5.60 Å². The molecule has 1 heterocycles. The lowest BCUT2D eigenvalue weighted by molar-refractivity contribution is 0.102. The van der Waals surface area contributed by atoms with Gasteiger partial charge >= 0.3 is 0 Å². The Labute approximate surface area is 81.2 Å². The Balaban J connectivity index is 0. The maximum absolute atomic E-state index is 8.52. The van der Waals surface area contributed by atoms with Gasteiger partial charge in [-0.25, -0.2) is 5.01 Å². The largest absolute Gasteiger partial charge is 0.412 e. The van der Waals surface area contributed by atoms with E-state index in [-0.39, 0.29) is 5.48 Å². The molecule has 0 aromatic carbocycles. The molecule has 1 saturated heterocycles. The molecule has 1 aliphatic heterocycles. The van der Waals surface area contributed by atoms with Crippen molar-refractivity contribution in [2.45, 2.75) is 39.2 Å². The Morgan fingerprint density at radius 3 is 1.85 bits per heavy atom. The smallest absolute Gasteiger partial charge is 0.0563 e. The third-order valence-electron chi connectivity index (χ3n) is 1.30. The summed E-state index contributed by atoms with van der Waals surface area (Å²) in [5, 5.41) is 10.7. The SMILES string of the molecule is CC(C)(C)O.CN1CCCCN1.O. The normalized spacial score (nSPS) is 18.2. The Hall–Kier alpha value is -0.160. The maximum atomic E-state index is 8.52. The molecule has 0 aliphatic carbocycles. The number of hydrazine groups is 1. The van der Waals surface area contributed by atoms with E-state index in [0.717, 1.165) is 6.54 Å². The Morgan fingerprint density at radius 1 is 1.23 bits per heavy atom. The van der Waals surface area contributed by atoms with E-state index in [4.69, 9.17) is 5.11 Å². The van der Waals surface area contributed by atoms with Crippen molar-refractivity contribution in [3.05, 3.63) is 0 Å². The average Bonchev–Trinajstić information content (AvgIpc) is 1.85. The highest BCUT2D eigenvalue weighted by molar-refractivity contribution is 4.54. The van der Waals surface area contributed by atoms with Crippen molar-refractivity contribution in [1.82, 2.24) is 10.4 Å². The van der Waals surface area contributed by atoms with E-state index >= 15 is 0 Å². The van der Waals surface area contributed by atoms with Gasteiger partial charge in [-0.2, -0.15) is 0 Å². The van der Waals surface area contributed by atoms with Crippen LogP contribution in [0.1, 0.15) is 33.6 Å². The van der Waals surface area contributed by atoms with Crippen LogP contribution in [0.4, 0.5) is 0 Å². The highest BCUT2D eigenvalue weighted by Gasteiger charge is 2.01. The van der Waals surface area contributed by atoms with E-state index in [1.54, 1.807) is 20.8 Å². The van der Waals surface area contributed by atoms with Gasteiger partial charge in [0.15, 0.2) is 0 Å². The Kier molecular flexibility index (Phi) is 8.56. The third-order valence-corrected chi connectivity index (χ3v) is 1.30. The lowest BCUT2D eigenvalue weighted by Gasteiger charge is -2.22. The van der Waals surface area contributed by atoms with Crippen molar-refractivity contribution in [3.63, 3.8) is 0 Å². The van der Waals surface area contributed by atoms with Gasteiger partial charge in [0.05, 0.1) is 5.60 Å². The summed E-state index contributed by atoms with van der Waals surface area (Å²) in [4.78, 5) is 0.